The van der Waals surface area contributed by atoms with Crippen molar-refractivity contribution in [1.29, 1.82) is 0 Å². The molecular formula is C20H22ClN5O2S. The van der Waals surface area contributed by atoms with E-state index < -0.39 is 5.69 Å². The number of fused-ring (bicyclic) bond motifs is 1. The van der Waals surface area contributed by atoms with Gasteiger partial charge in [-0.05, 0) is 42.7 Å². The maximum absolute atomic E-state index is 12.6. The highest BCUT2D eigenvalue weighted by Crippen LogP contribution is 2.21. The number of carbonyl (C=O) groups is 1. The van der Waals surface area contributed by atoms with E-state index in [0.717, 1.165) is 31.2 Å². The molecule has 1 saturated carbocycles. The van der Waals surface area contributed by atoms with E-state index in [4.69, 9.17) is 11.6 Å². The van der Waals surface area contributed by atoms with Crippen molar-refractivity contribution < 1.29 is 4.79 Å². The van der Waals surface area contributed by atoms with Gasteiger partial charge in [-0.3, -0.25) is 4.79 Å². The third kappa shape index (κ3) is 5.00. The van der Waals surface area contributed by atoms with Crippen LogP contribution < -0.4 is 11.0 Å². The second-order valence-corrected chi connectivity index (χ2v) is 8.63. The number of nitrogens with zero attached hydrogens (tertiary/aromatic N) is 4. The monoisotopic (exact) mass is 431 g/mol. The molecule has 152 valence electrons. The van der Waals surface area contributed by atoms with Crippen molar-refractivity contribution >= 4 is 34.9 Å². The van der Waals surface area contributed by atoms with Crippen LogP contribution in [0.15, 0.2) is 46.2 Å². The Bertz CT molecular complexity index is 1060. The number of thioether (sulfide) groups is 1. The molecule has 1 amide bonds. The molecule has 3 aromatic rings. The van der Waals surface area contributed by atoms with Crippen molar-refractivity contribution in [2.45, 2.75) is 55.5 Å². The van der Waals surface area contributed by atoms with E-state index in [9.17, 15) is 9.59 Å². The van der Waals surface area contributed by atoms with Crippen LogP contribution in [0.25, 0.3) is 5.65 Å². The molecule has 1 aromatic carbocycles. The molecule has 4 rings (SSSR count). The zero-order valence-electron chi connectivity index (χ0n) is 15.9. The predicted octanol–water partition coefficient (Wildman–Crippen LogP) is 3.29. The Hall–Kier alpha value is -2.32. The minimum absolute atomic E-state index is 0.0913. The third-order valence-corrected chi connectivity index (χ3v) is 6.22. The first-order chi connectivity index (χ1) is 14.1. The van der Waals surface area contributed by atoms with Crippen LogP contribution >= 0.6 is 23.4 Å². The molecule has 0 saturated heterocycles. The molecule has 0 bridgehead atoms. The summed E-state index contributed by atoms with van der Waals surface area (Å²) in [6.45, 7) is -0.0913. The smallest absolute Gasteiger partial charge is 0.352 e. The van der Waals surface area contributed by atoms with E-state index in [0.29, 0.717) is 21.4 Å². The number of carbonyl (C=O) groups excluding carboxylic acids is 1. The molecule has 2 heterocycles. The lowest BCUT2D eigenvalue weighted by molar-refractivity contribution is -0.122. The minimum atomic E-state index is -0.410. The summed E-state index contributed by atoms with van der Waals surface area (Å²) in [5.74, 6) is 0.530. The van der Waals surface area contributed by atoms with Gasteiger partial charge in [-0.25, -0.2) is 9.48 Å². The second-order valence-electron chi connectivity index (χ2n) is 7.20. The molecule has 0 atom stereocenters. The molecule has 1 aliphatic rings. The van der Waals surface area contributed by atoms with Gasteiger partial charge in [-0.15, -0.1) is 5.10 Å². The summed E-state index contributed by atoms with van der Waals surface area (Å²) in [6.07, 6.45) is 5.50. The molecular weight excluding hydrogens is 410 g/mol. The van der Waals surface area contributed by atoms with Gasteiger partial charge in [0, 0.05) is 16.8 Å². The Morgan fingerprint density at radius 2 is 1.86 bits per heavy atom. The second kappa shape index (κ2) is 9.00. The average molecular weight is 432 g/mol. The summed E-state index contributed by atoms with van der Waals surface area (Å²) in [5, 5.41) is 13.0. The fourth-order valence-electron chi connectivity index (χ4n) is 3.47. The molecule has 0 aliphatic heterocycles. The van der Waals surface area contributed by atoms with Gasteiger partial charge in [0.25, 0.3) is 0 Å². The molecule has 0 spiro atoms. The number of nitrogens with one attached hydrogen (secondary N) is 1. The van der Waals surface area contributed by atoms with Gasteiger partial charge in [-0.1, -0.05) is 54.8 Å². The number of hydrogen-bond donors (Lipinski definition) is 1. The molecule has 0 unspecified atom stereocenters. The lowest BCUT2D eigenvalue weighted by atomic mass is 9.95. The third-order valence-electron chi connectivity index (χ3n) is 4.98. The lowest BCUT2D eigenvalue weighted by Gasteiger charge is -2.22. The summed E-state index contributed by atoms with van der Waals surface area (Å²) in [6, 6.07) is 11.4. The van der Waals surface area contributed by atoms with Crippen molar-refractivity contribution in [1.82, 2.24) is 24.7 Å². The van der Waals surface area contributed by atoms with E-state index >= 15 is 0 Å². The van der Waals surface area contributed by atoms with Gasteiger partial charge in [0.2, 0.25) is 5.91 Å². The summed E-state index contributed by atoms with van der Waals surface area (Å²) >= 11 is 7.43. The standard InChI is InChI=1S/C20H22ClN5O2S/c21-15-8-6-14(7-9-15)13-29-19-11-10-17-23-25(20(28)26(17)24-19)12-18(27)22-16-4-2-1-3-5-16/h6-11,16H,1-5,12-13H2,(H,22,27). The topological polar surface area (TPSA) is 81.3 Å². The van der Waals surface area contributed by atoms with Crippen molar-refractivity contribution in [3.05, 3.63) is 57.5 Å². The first-order valence-corrected chi connectivity index (χ1v) is 11.1. The number of halogens is 1. The number of amides is 1. The zero-order valence-corrected chi connectivity index (χ0v) is 17.5. The Balaban J connectivity index is 1.43. The van der Waals surface area contributed by atoms with Crippen molar-refractivity contribution in [2.75, 3.05) is 0 Å². The van der Waals surface area contributed by atoms with Crippen LogP contribution in [0.3, 0.4) is 0 Å². The van der Waals surface area contributed by atoms with Crippen LogP contribution in [0.5, 0.6) is 0 Å². The van der Waals surface area contributed by atoms with Crippen LogP contribution in [0, 0.1) is 0 Å². The maximum atomic E-state index is 12.6. The summed E-state index contributed by atoms with van der Waals surface area (Å²) in [7, 11) is 0. The Kier molecular flexibility index (Phi) is 6.20. The van der Waals surface area contributed by atoms with Gasteiger partial charge < -0.3 is 5.32 Å². The van der Waals surface area contributed by atoms with Gasteiger partial charge in [-0.2, -0.15) is 9.61 Å². The van der Waals surface area contributed by atoms with Gasteiger partial charge >= 0.3 is 5.69 Å². The van der Waals surface area contributed by atoms with E-state index in [-0.39, 0.29) is 18.5 Å². The highest BCUT2D eigenvalue weighted by Gasteiger charge is 2.18. The molecule has 29 heavy (non-hydrogen) atoms. The quantitative estimate of drug-likeness (QED) is 0.605. The van der Waals surface area contributed by atoms with E-state index in [1.807, 2.05) is 30.3 Å². The summed E-state index contributed by atoms with van der Waals surface area (Å²) in [4.78, 5) is 24.9. The summed E-state index contributed by atoms with van der Waals surface area (Å²) < 4.78 is 2.42. The lowest BCUT2D eigenvalue weighted by Crippen LogP contribution is -2.40. The van der Waals surface area contributed by atoms with Gasteiger partial charge in [0.15, 0.2) is 5.65 Å². The number of benzene rings is 1. The van der Waals surface area contributed by atoms with Crippen LogP contribution in [0.4, 0.5) is 0 Å². The van der Waals surface area contributed by atoms with Crippen LogP contribution in [0.1, 0.15) is 37.7 Å². The molecule has 1 fully saturated rings. The molecule has 7 nitrogen and oxygen atoms in total. The highest BCUT2D eigenvalue weighted by molar-refractivity contribution is 7.98. The fraction of sp³-hybridized carbons (Fsp3) is 0.400. The normalized spacial score (nSPS) is 14.9. The zero-order chi connectivity index (χ0) is 20.2. The number of hydrogen-bond acceptors (Lipinski definition) is 5. The maximum Gasteiger partial charge on any atom is 0.367 e. The van der Waals surface area contributed by atoms with Crippen molar-refractivity contribution in [3.63, 3.8) is 0 Å². The predicted molar refractivity (Wildman–Crippen MR) is 113 cm³/mol. The van der Waals surface area contributed by atoms with E-state index in [2.05, 4.69) is 15.5 Å². The van der Waals surface area contributed by atoms with E-state index in [1.165, 1.54) is 27.4 Å². The van der Waals surface area contributed by atoms with Crippen LogP contribution in [0.2, 0.25) is 5.02 Å². The Morgan fingerprint density at radius 3 is 2.62 bits per heavy atom. The van der Waals surface area contributed by atoms with Crippen molar-refractivity contribution in [2.24, 2.45) is 0 Å². The highest BCUT2D eigenvalue weighted by atomic mass is 35.5. The fourth-order valence-corrected chi connectivity index (χ4v) is 4.40. The van der Waals surface area contributed by atoms with E-state index in [1.54, 1.807) is 6.07 Å². The molecule has 9 heteroatoms. The SMILES string of the molecule is O=C(Cn1nc2ccc(SCc3ccc(Cl)cc3)nn2c1=O)NC1CCCCC1. The first-order valence-electron chi connectivity index (χ1n) is 9.72. The largest absolute Gasteiger partial charge is 0.367 e. The molecule has 1 aliphatic carbocycles. The Labute approximate surface area is 177 Å². The van der Waals surface area contributed by atoms with Gasteiger partial charge in [0.05, 0.1) is 0 Å². The Morgan fingerprint density at radius 1 is 1.10 bits per heavy atom. The van der Waals surface area contributed by atoms with Crippen LogP contribution in [-0.2, 0) is 17.1 Å². The number of rotatable bonds is 6. The summed E-state index contributed by atoms with van der Waals surface area (Å²) in [5.41, 5.74) is 1.13. The van der Waals surface area contributed by atoms with Crippen molar-refractivity contribution in [3.8, 4) is 0 Å². The molecule has 1 N–H and O–H groups in total. The first kappa shape index (κ1) is 20.0. The van der Waals surface area contributed by atoms with Gasteiger partial charge in [0.1, 0.15) is 11.6 Å². The average Bonchev–Trinajstić information content (AvgIpc) is 3.03. The minimum Gasteiger partial charge on any atom is -0.352 e. The van der Waals surface area contributed by atoms with Crippen LogP contribution in [-0.4, -0.2) is 31.3 Å². The molecule has 2 aromatic heterocycles. The number of aromatic nitrogens is 4. The molecule has 0 radical (unpaired) electrons.